The predicted molar refractivity (Wildman–Crippen MR) is 62.2 cm³/mol. The van der Waals surface area contributed by atoms with E-state index in [0.29, 0.717) is 6.42 Å². The van der Waals surface area contributed by atoms with Gasteiger partial charge in [0.05, 0.1) is 13.2 Å². The van der Waals surface area contributed by atoms with Gasteiger partial charge in [0.1, 0.15) is 0 Å². The van der Waals surface area contributed by atoms with Gasteiger partial charge in [-0.15, -0.1) is 0 Å². The Labute approximate surface area is 97.3 Å². The molecule has 96 valence electrons. The Balaban J connectivity index is 0.000000325. The van der Waals surface area contributed by atoms with Gasteiger partial charge in [-0.1, -0.05) is 26.2 Å². The van der Waals surface area contributed by atoms with Crippen molar-refractivity contribution in [3.05, 3.63) is 0 Å². The maximum atomic E-state index is 9.60. The van der Waals surface area contributed by atoms with Gasteiger partial charge >= 0.3 is 5.97 Å². The van der Waals surface area contributed by atoms with Gasteiger partial charge < -0.3 is 15.3 Å². The molecule has 0 bridgehead atoms. The van der Waals surface area contributed by atoms with Gasteiger partial charge in [0, 0.05) is 11.8 Å². The molecule has 4 heteroatoms. The fourth-order valence-corrected chi connectivity index (χ4v) is 1.88. The second kappa shape index (κ2) is 8.53. The molecule has 0 amide bonds. The quantitative estimate of drug-likeness (QED) is 0.690. The maximum absolute atomic E-state index is 9.60. The van der Waals surface area contributed by atoms with Crippen LogP contribution in [-0.4, -0.2) is 34.5 Å². The van der Waals surface area contributed by atoms with E-state index in [2.05, 4.69) is 0 Å². The molecule has 4 nitrogen and oxygen atoms in total. The third-order valence-corrected chi connectivity index (χ3v) is 3.05. The number of rotatable bonds is 4. The summed E-state index contributed by atoms with van der Waals surface area (Å²) in [6.45, 7) is 2.15. The van der Waals surface area contributed by atoms with Crippen molar-refractivity contribution in [3.63, 3.8) is 0 Å². The monoisotopic (exact) mass is 232 g/mol. The highest BCUT2D eigenvalue weighted by Crippen LogP contribution is 2.34. The number of carboxylic acids is 1. The van der Waals surface area contributed by atoms with Gasteiger partial charge in [0.25, 0.3) is 0 Å². The highest BCUT2D eigenvalue weighted by Gasteiger charge is 2.30. The first-order valence-corrected chi connectivity index (χ1v) is 6.04. The van der Waals surface area contributed by atoms with Crippen LogP contribution in [-0.2, 0) is 4.79 Å². The molecule has 0 aromatic carbocycles. The Morgan fingerprint density at radius 2 is 1.62 bits per heavy atom. The summed E-state index contributed by atoms with van der Waals surface area (Å²) in [6, 6.07) is 0. The Morgan fingerprint density at radius 1 is 1.12 bits per heavy atom. The molecule has 1 saturated carbocycles. The number of hydrogen-bond donors (Lipinski definition) is 3. The molecule has 1 fully saturated rings. The highest BCUT2D eigenvalue weighted by atomic mass is 16.4. The fourth-order valence-electron chi connectivity index (χ4n) is 1.88. The van der Waals surface area contributed by atoms with Crippen molar-refractivity contribution in [1.82, 2.24) is 0 Å². The number of carbonyl (C=O) groups is 1. The van der Waals surface area contributed by atoms with Crippen molar-refractivity contribution >= 4 is 5.97 Å². The van der Waals surface area contributed by atoms with Crippen LogP contribution in [0.2, 0.25) is 0 Å². The van der Waals surface area contributed by atoms with Crippen molar-refractivity contribution in [1.29, 1.82) is 0 Å². The maximum Gasteiger partial charge on any atom is 0.303 e. The molecule has 1 rings (SSSR count). The van der Waals surface area contributed by atoms with Crippen molar-refractivity contribution in [2.75, 3.05) is 13.2 Å². The van der Waals surface area contributed by atoms with Crippen LogP contribution < -0.4 is 0 Å². The van der Waals surface area contributed by atoms with Gasteiger partial charge in [0.2, 0.25) is 0 Å². The van der Waals surface area contributed by atoms with Gasteiger partial charge in [-0.25, -0.2) is 0 Å². The standard InChI is InChI=1S/C8H16O2.C4H8O2/c9-6-8(7-10)4-2-1-3-5-8;1-2-3-4(5)6/h9-10H,1-7H2;2-3H2,1H3,(H,5,6). The van der Waals surface area contributed by atoms with Gasteiger partial charge in [0.15, 0.2) is 0 Å². The van der Waals surface area contributed by atoms with E-state index >= 15 is 0 Å². The van der Waals surface area contributed by atoms with Crippen molar-refractivity contribution in [2.45, 2.75) is 51.9 Å². The second-order valence-corrected chi connectivity index (χ2v) is 4.52. The van der Waals surface area contributed by atoms with Gasteiger partial charge in [-0.05, 0) is 19.3 Å². The van der Waals surface area contributed by atoms with E-state index in [-0.39, 0.29) is 18.6 Å². The summed E-state index contributed by atoms with van der Waals surface area (Å²) < 4.78 is 0. The van der Waals surface area contributed by atoms with Gasteiger partial charge in [-0.3, -0.25) is 4.79 Å². The second-order valence-electron chi connectivity index (χ2n) is 4.52. The van der Waals surface area contributed by atoms with Gasteiger partial charge in [-0.2, -0.15) is 0 Å². The Bertz CT molecular complexity index is 179. The Kier molecular flexibility index (Phi) is 8.21. The van der Waals surface area contributed by atoms with E-state index in [4.69, 9.17) is 15.3 Å². The number of aliphatic hydroxyl groups excluding tert-OH is 2. The van der Waals surface area contributed by atoms with E-state index in [1.54, 1.807) is 0 Å². The fraction of sp³-hybridized carbons (Fsp3) is 0.917. The summed E-state index contributed by atoms with van der Waals surface area (Å²) in [5.41, 5.74) is -0.127. The first-order valence-electron chi connectivity index (χ1n) is 6.04. The van der Waals surface area contributed by atoms with E-state index in [1.807, 2.05) is 6.92 Å². The molecule has 1 aliphatic rings. The average molecular weight is 232 g/mol. The molecule has 0 aromatic rings. The summed E-state index contributed by atoms with van der Waals surface area (Å²) in [4.78, 5) is 9.60. The molecule has 0 atom stereocenters. The average Bonchev–Trinajstić information content (AvgIpc) is 2.30. The minimum atomic E-state index is -0.711. The molecule has 0 aromatic heterocycles. The zero-order valence-electron chi connectivity index (χ0n) is 10.1. The van der Waals surface area contributed by atoms with E-state index in [1.165, 1.54) is 19.3 Å². The molecule has 0 aliphatic heterocycles. The van der Waals surface area contributed by atoms with Crippen molar-refractivity contribution in [2.24, 2.45) is 5.41 Å². The summed E-state index contributed by atoms with van der Waals surface area (Å²) in [7, 11) is 0. The SMILES string of the molecule is CCCC(=O)O.OCC1(CO)CCCCC1. The summed E-state index contributed by atoms with van der Waals surface area (Å²) in [5, 5.41) is 25.9. The van der Waals surface area contributed by atoms with Crippen molar-refractivity contribution < 1.29 is 20.1 Å². The van der Waals surface area contributed by atoms with Crippen LogP contribution in [0.3, 0.4) is 0 Å². The minimum absolute atomic E-state index is 0.127. The third kappa shape index (κ3) is 6.08. The number of carboxylic acid groups (broad SMARTS) is 1. The lowest BCUT2D eigenvalue weighted by molar-refractivity contribution is -0.137. The summed E-state index contributed by atoms with van der Waals surface area (Å²) in [6.07, 6.45) is 6.62. The van der Waals surface area contributed by atoms with Crippen LogP contribution in [0.4, 0.5) is 0 Å². The lowest BCUT2D eigenvalue weighted by Gasteiger charge is -2.33. The van der Waals surface area contributed by atoms with E-state index < -0.39 is 5.97 Å². The molecular formula is C12H24O4. The normalized spacial score (nSPS) is 18.4. The molecule has 0 saturated heterocycles. The van der Waals surface area contributed by atoms with E-state index in [0.717, 1.165) is 19.3 Å². The van der Waals surface area contributed by atoms with Crippen LogP contribution in [0.15, 0.2) is 0 Å². The summed E-state index contributed by atoms with van der Waals surface area (Å²) in [5.74, 6) is -0.711. The molecule has 0 spiro atoms. The number of aliphatic carboxylic acids is 1. The molecule has 0 radical (unpaired) electrons. The number of aliphatic hydroxyl groups is 2. The topological polar surface area (TPSA) is 77.8 Å². The molecular weight excluding hydrogens is 208 g/mol. The van der Waals surface area contributed by atoms with Crippen LogP contribution in [0.25, 0.3) is 0 Å². The Hall–Kier alpha value is -0.610. The predicted octanol–water partition coefficient (Wildman–Crippen LogP) is 1.79. The molecule has 3 N–H and O–H groups in total. The molecule has 0 unspecified atom stereocenters. The third-order valence-electron chi connectivity index (χ3n) is 3.05. The lowest BCUT2D eigenvalue weighted by atomic mass is 9.75. The first kappa shape index (κ1) is 15.4. The zero-order valence-corrected chi connectivity index (χ0v) is 10.1. The van der Waals surface area contributed by atoms with Crippen LogP contribution in [0.1, 0.15) is 51.9 Å². The molecule has 0 heterocycles. The Morgan fingerprint density at radius 3 is 1.81 bits per heavy atom. The van der Waals surface area contributed by atoms with Crippen LogP contribution >= 0.6 is 0 Å². The first-order chi connectivity index (χ1) is 7.60. The van der Waals surface area contributed by atoms with Crippen molar-refractivity contribution in [3.8, 4) is 0 Å². The number of hydrogen-bond acceptors (Lipinski definition) is 3. The molecule has 16 heavy (non-hydrogen) atoms. The largest absolute Gasteiger partial charge is 0.481 e. The smallest absolute Gasteiger partial charge is 0.303 e. The van der Waals surface area contributed by atoms with E-state index in [9.17, 15) is 4.79 Å². The summed E-state index contributed by atoms with van der Waals surface area (Å²) >= 11 is 0. The minimum Gasteiger partial charge on any atom is -0.481 e. The molecule has 1 aliphatic carbocycles. The lowest BCUT2D eigenvalue weighted by Crippen LogP contribution is -2.31. The van der Waals surface area contributed by atoms with Crippen LogP contribution in [0.5, 0.6) is 0 Å². The zero-order chi connectivity index (χ0) is 12.4. The highest BCUT2D eigenvalue weighted by molar-refractivity contribution is 5.66. The van der Waals surface area contributed by atoms with Crippen LogP contribution in [0, 0.1) is 5.41 Å².